The molecule has 2 N–H and O–H groups in total. The van der Waals surface area contributed by atoms with Crippen molar-refractivity contribution in [3.63, 3.8) is 0 Å². The Morgan fingerprint density at radius 2 is 2.26 bits per heavy atom. The standard InChI is InChI=1S/C13H10BrN3O2/c1-17-12(18)10(16-13(17)19)5-7-6-15-11-8(7)3-2-4-9(11)14/h2-6,18H,1H3,(H,16,19). The molecule has 0 amide bonds. The van der Waals surface area contributed by atoms with Crippen molar-refractivity contribution in [2.24, 2.45) is 12.0 Å². The number of para-hydroxylation sites is 1. The van der Waals surface area contributed by atoms with Crippen LogP contribution in [0.25, 0.3) is 11.6 Å². The van der Waals surface area contributed by atoms with Gasteiger partial charge >= 0.3 is 5.69 Å². The topological polar surface area (TPSA) is 70.4 Å². The van der Waals surface area contributed by atoms with Gasteiger partial charge in [0.2, 0.25) is 5.88 Å². The van der Waals surface area contributed by atoms with Crippen LogP contribution in [0.2, 0.25) is 0 Å². The number of nitrogens with zero attached hydrogens (tertiary/aromatic N) is 2. The van der Waals surface area contributed by atoms with E-state index in [2.05, 4.69) is 25.9 Å². The summed E-state index contributed by atoms with van der Waals surface area (Å²) >= 11 is 3.44. The molecule has 5 nitrogen and oxygen atoms in total. The van der Waals surface area contributed by atoms with Crippen molar-refractivity contribution in [3.05, 3.63) is 44.4 Å². The third-order valence-electron chi connectivity index (χ3n) is 3.04. The fraction of sp³-hybridized carbons (Fsp3) is 0.0769. The maximum absolute atomic E-state index is 11.4. The number of aromatic amines is 1. The number of aliphatic imine (C=N–C) groups is 1. The van der Waals surface area contributed by atoms with Gasteiger partial charge in [0.05, 0.1) is 5.69 Å². The minimum atomic E-state index is -0.353. The van der Waals surface area contributed by atoms with E-state index in [1.54, 1.807) is 12.3 Å². The van der Waals surface area contributed by atoms with E-state index in [1.807, 2.05) is 18.2 Å². The van der Waals surface area contributed by atoms with E-state index < -0.39 is 0 Å². The highest BCUT2D eigenvalue weighted by molar-refractivity contribution is 9.10. The van der Waals surface area contributed by atoms with Crippen molar-refractivity contribution >= 4 is 39.5 Å². The molecule has 96 valence electrons. The number of nitrogens with one attached hydrogen (secondary N) is 1. The van der Waals surface area contributed by atoms with Crippen LogP contribution in [0, 0.1) is 0 Å². The lowest BCUT2D eigenvalue weighted by Crippen LogP contribution is -2.11. The lowest BCUT2D eigenvalue weighted by molar-refractivity contribution is 0.428. The van der Waals surface area contributed by atoms with Gasteiger partial charge in [0.15, 0.2) is 0 Å². The Kier molecular flexibility index (Phi) is 2.67. The van der Waals surface area contributed by atoms with Gasteiger partial charge in [0.1, 0.15) is 5.69 Å². The fourth-order valence-corrected chi connectivity index (χ4v) is 2.45. The van der Waals surface area contributed by atoms with Gasteiger partial charge in [-0.15, -0.1) is 0 Å². The summed E-state index contributed by atoms with van der Waals surface area (Å²) in [6.45, 7) is 0. The molecule has 1 aromatic heterocycles. The molecule has 2 aromatic rings. The van der Waals surface area contributed by atoms with E-state index in [-0.39, 0.29) is 11.6 Å². The van der Waals surface area contributed by atoms with Gasteiger partial charge in [-0.2, -0.15) is 0 Å². The summed E-state index contributed by atoms with van der Waals surface area (Å²) in [4.78, 5) is 18.3. The Balaban J connectivity index is 2.14. The molecule has 0 radical (unpaired) electrons. The van der Waals surface area contributed by atoms with Crippen LogP contribution in [0.15, 0.2) is 32.5 Å². The number of aromatic hydroxyl groups is 1. The first-order valence-electron chi connectivity index (χ1n) is 5.60. The van der Waals surface area contributed by atoms with Crippen LogP contribution in [0.4, 0.5) is 5.69 Å². The zero-order chi connectivity index (χ0) is 13.6. The molecule has 1 aromatic carbocycles. The average Bonchev–Trinajstić information content (AvgIpc) is 2.90. The summed E-state index contributed by atoms with van der Waals surface area (Å²) in [6, 6.07) is 5.77. The summed E-state index contributed by atoms with van der Waals surface area (Å²) in [6.07, 6.45) is 3.42. The molecule has 0 atom stereocenters. The summed E-state index contributed by atoms with van der Waals surface area (Å²) in [7, 11) is 1.50. The Morgan fingerprint density at radius 3 is 2.95 bits per heavy atom. The quantitative estimate of drug-likeness (QED) is 0.847. The number of hydrogen-bond donors (Lipinski definition) is 2. The van der Waals surface area contributed by atoms with E-state index in [4.69, 9.17) is 0 Å². The van der Waals surface area contributed by atoms with Gasteiger partial charge in [-0.3, -0.25) is 9.56 Å². The van der Waals surface area contributed by atoms with Crippen molar-refractivity contribution in [1.29, 1.82) is 0 Å². The number of aromatic nitrogens is 2. The highest BCUT2D eigenvalue weighted by Gasteiger charge is 2.16. The van der Waals surface area contributed by atoms with Crippen LogP contribution < -0.4 is 5.69 Å². The summed E-state index contributed by atoms with van der Waals surface area (Å²) in [5.74, 6) is -0.0886. The molecule has 0 saturated carbocycles. The molecular weight excluding hydrogens is 310 g/mol. The molecule has 0 fully saturated rings. The highest BCUT2D eigenvalue weighted by Crippen LogP contribution is 2.38. The second-order valence-corrected chi connectivity index (χ2v) is 5.07. The van der Waals surface area contributed by atoms with Crippen LogP contribution >= 0.6 is 15.9 Å². The number of benzene rings is 1. The van der Waals surface area contributed by atoms with Gasteiger partial charge in [0, 0.05) is 28.9 Å². The Labute approximate surface area is 117 Å². The molecule has 2 heterocycles. The van der Waals surface area contributed by atoms with E-state index in [0.717, 1.165) is 25.9 Å². The predicted molar refractivity (Wildman–Crippen MR) is 77.9 cm³/mol. The molecule has 0 spiro atoms. The van der Waals surface area contributed by atoms with Crippen molar-refractivity contribution in [2.45, 2.75) is 0 Å². The van der Waals surface area contributed by atoms with Crippen molar-refractivity contribution < 1.29 is 5.11 Å². The van der Waals surface area contributed by atoms with Crippen LogP contribution in [0.1, 0.15) is 11.3 Å². The first kappa shape index (κ1) is 12.0. The summed E-state index contributed by atoms with van der Waals surface area (Å²) < 4.78 is 2.07. The summed E-state index contributed by atoms with van der Waals surface area (Å²) in [5, 5.41) is 9.81. The van der Waals surface area contributed by atoms with Gasteiger partial charge in [-0.1, -0.05) is 12.1 Å². The number of H-pyrrole nitrogens is 1. The Bertz CT molecular complexity index is 784. The molecule has 0 bridgehead atoms. The molecule has 3 rings (SSSR count). The fourth-order valence-electron chi connectivity index (χ4n) is 1.99. The van der Waals surface area contributed by atoms with Gasteiger partial charge in [-0.05, 0) is 28.1 Å². The first-order valence-corrected chi connectivity index (χ1v) is 6.40. The van der Waals surface area contributed by atoms with E-state index in [1.165, 1.54) is 7.05 Å². The molecule has 6 heteroatoms. The molecule has 0 saturated heterocycles. The smallest absolute Gasteiger partial charge is 0.328 e. The maximum Gasteiger partial charge on any atom is 0.328 e. The molecule has 19 heavy (non-hydrogen) atoms. The first-order chi connectivity index (χ1) is 9.08. The normalized spacial score (nSPS) is 15.2. The minimum absolute atomic E-state index is 0.0886. The third-order valence-corrected chi connectivity index (χ3v) is 3.68. The zero-order valence-electron chi connectivity index (χ0n) is 10.0. The number of halogens is 1. The SMILES string of the molecule is Cn1c(O)c(C=C2C=Nc3c(Br)cccc32)[nH]c1=O. The highest BCUT2D eigenvalue weighted by atomic mass is 79.9. The van der Waals surface area contributed by atoms with Crippen molar-refractivity contribution in [3.8, 4) is 5.88 Å². The number of rotatable bonds is 1. The van der Waals surface area contributed by atoms with E-state index >= 15 is 0 Å². The van der Waals surface area contributed by atoms with Crippen molar-refractivity contribution in [2.75, 3.05) is 0 Å². The van der Waals surface area contributed by atoms with Crippen LogP contribution in [0.5, 0.6) is 5.88 Å². The number of fused-ring (bicyclic) bond motifs is 1. The second kappa shape index (κ2) is 4.24. The lowest BCUT2D eigenvalue weighted by Gasteiger charge is -2.01. The second-order valence-electron chi connectivity index (χ2n) is 4.22. The molecule has 1 aliphatic rings. The number of imidazole rings is 1. The monoisotopic (exact) mass is 319 g/mol. The maximum atomic E-state index is 11.4. The van der Waals surface area contributed by atoms with Crippen LogP contribution in [0.3, 0.4) is 0 Å². The molecular formula is C13H10BrN3O2. The van der Waals surface area contributed by atoms with Crippen LogP contribution in [-0.2, 0) is 7.05 Å². The average molecular weight is 320 g/mol. The predicted octanol–water partition coefficient (Wildman–Crippen LogP) is 2.44. The number of allylic oxidation sites excluding steroid dienone is 1. The van der Waals surface area contributed by atoms with Gasteiger partial charge < -0.3 is 10.1 Å². The molecule has 1 aliphatic heterocycles. The molecule has 0 aliphatic carbocycles. The summed E-state index contributed by atoms with van der Waals surface area (Å²) in [5.41, 5.74) is 2.67. The zero-order valence-corrected chi connectivity index (χ0v) is 11.6. The van der Waals surface area contributed by atoms with Crippen LogP contribution in [-0.4, -0.2) is 20.9 Å². The largest absolute Gasteiger partial charge is 0.493 e. The van der Waals surface area contributed by atoms with E-state index in [9.17, 15) is 9.90 Å². The minimum Gasteiger partial charge on any atom is -0.493 e. The third kappa shape index (κ3) is 1.84. The van der Waals surface area contributed by atoms with E-state index in [0.29, 0.717) is 5.69 Å². The molecule has 0 unspecified atom stereocenters. The Morgan fingerprint density at radius 1 is 1.47 bits per heavy atom. The Hall–Kier alpha value is -2.08. The number of hydrogen-bond acceptors (Lipinski definition) is 3. The lowest BCUT2D eigenvalue weighted by atomic mass is 10.1. The van der Waals surface area contributed by atoms with Crippen molar-refractivity contribution in [1.82, 2.24) is 9.55 Å². The van der Waals surface area contributed by atoms with Gasteiger partial charge in [0.25, 0.3) is 0 Å². The van der Waals surface area contributed by atoms with Gasteiger partial charge in [-0.25, -0.2) is 4.79 Å².